The molecule has 0 amide bonds. The van der Waals surface area contributed by atoms with Gasteiger partial charge in [0, 0.05) is 19.6 Å². The Balaban J connectivity index is 0.00000242. The maximum Gasteiger partial charge on any atom is 0.337 e. The Morgan fingerprint density at radius 2 is 2.00 bits per heavy atom. The van der Waals surface area contributed by atoms with Crippen LogP contribution in [0.15, 0.2) is 23.1 Å². The summed E-state index contributed by atoms with van der Waals surface area (Å²) in [5.74, 6) is -0.471. The second-order valence-electron chi connectivity index (χ2n) is 4.98. The molecule has 1 aliphatic rings. The number of ether oxygens (including phenoxy) is 1. The van der Waals surface area contributed by atoms with Gasteiger partial charge >= 0.3 is 5.97 Å². The highest BCUT2D eigenvalue weighted by Gasteiger charge is 2.26. The van der Waals surface area contributed by atoms with Crippen molar-refractivity contribution in [3.63, 3.8) is 0 Å². The molecule has 0 radical (unpaired) electrons. The molecule has 0 atom stereocenters. The minimum atomic E-state index is -3.52. The molecule has 0 bridgehead atoms. The Kier molecular flexibility index (Phi) is 6.80. The van der Waals surface area contributed by atoms with E-state index in [-0.39, 0.29) is 17.3 Å². The third-order valence-corrected chi connectivity index (χ3v) is 5.57. The van der Waals surface area contributed by atoms with Crippen LogP contribution in [-0.2, 0) is 14.8 Å². The topological polar surface area (TPSA) is 75.7 Å². The quantitative estimate of drug-likeness (QED) is 0.830. The Labute approximate surface area is 137 Å². The van der Waals surface area contributed by atoms with Crippen molar-refractivity contribution in [3.8, 4) is 0 Å². The van der Waals surface area contributed by atoms with Gasteiger partial charge in [-0.25, -0.2) is 13.2 Å². The first-order valence-corrected chi connectivity index (χ1v) is 8.30. The third-order valence-electron chi connectivity index (χ3n) is 3.51. The normalized spacial score (nSPS) is 16.5. The number of halogens is 1. The van der Waals surface area contributed by atoms with E-state index < -0.39 is 16.0 Å². The van der Waals surface area contributed by atoms with Crippen molar-refractivity contribution in [3.05, 3.63) is 29.3 Å². The fraction of sp³-hybridized carbons (Fsp3) is 0.500. The highest BCUT2D eigenvalue weighted by Crippen LogP contribution is 2.22. The van der Waals surface area contributed by atoms with Crippen molar-refractivity contribution in [2.45, 2.75) is 18.2 Å². The Bertz CT molecular complexity index is 626. The molecule has 0 unspecified atom stereocenters. The number of methoxy groups -OCH3 is 1. The van der Waals surface area contributed by atoms with Crippen molar-refractivity contribution in [2.75, 3.05) is 33.3 Å². The molecule has 1 aromatic carbocycles. The van der Waals surface area contributed by atoms with Crippen molar-refractivity contribution in [1.82, 2.24) is 9.62 Å². The summed E-state index contributed by atoms with van der Waals surface area (Å²) in [5.41, 5.74) is 0.904. The van der Waals surface area contributed by atoms with E-state index in [2.05, 4.69) is 10.1 Å². The van der Waals surface area contributed by atoms with Gasteiger partial charge in [-0.05, 0) is 43.7 Å². The average molecular weight is 349 g/mol. The van der Waals surface area contributed by atoms with E-state index in [9.17, 15) is 13.2 Å². The van der Waals surface area contributed by atoms with Crippen LogP contribution in [0.5, 0.6) is 0 Å². The van der Waals surface area contributed by atoms with Crippen LogP contribution in [0.1, 0.15) is 22.3 Å². The summed E-state index contributed by atoms with van der Waals surface area (Å²) in [6, 6.07) is 4.52. The summed E-state index contributed by atoms with van der Waals surface area (Å²) in [6.07, 6.45) is 0.790. The lowest BCUT2D eigenvalue weighted by atomic mass is 10.1. The second-order valence-corrected chi connectivity index (χ2v) is 6.89. The molecule has 0 aliphatic carbocycles. The molecule has 1 heterocycles. The summed E-state index contributed by atoms with van der Waals surface area (Å²) >= 11 is 0. The summed E-state index contributed by atoms with van der Waals surface area (Å²) < 4.78 is 31.5. The predicted molar refractivity (Wildman–Crippen MR) is 86.0 cm³/mol. The molecule has 1 N–H and O–H groups in total. The van der Waals surface area contributed by atoms with E-state index in [0.717, 1.165) is 13.0 Å². The zero-order chi connectivity index (χ0) is 15.5. The number of carbonyl (C=O) groups excluding carboxylic acids is 1. The van der Waals surface area contributed by atoms with Crippen molar-refractivity contribution >= 4 is 28.4 Å². The van der Waals surface area contributed by atoms with Gasteiger partial charge in [0.1, 0.15) is 0 Å². The number of nitrogens with zero attached hydrogens (tertiary/aromatic N) is 1. The molecule has 6 nitrogen and oxygen atoms in total. The van der Waals surface area contributed by atoms with Gasteiger partial charge in [-0.15, -0.1) is 12.4 Å². The van der Waals surface area contributed by atoms with Crippen LogP contribution >= 0.6 is 12.4 Å². The fourth-order valence-corrected chi connectivity index (χ4v) is 4.07. The number of aryl methyl sites for hydroxylation is 1. The number of nitrogens with one attached hydrogen (secondary N) is 1. The highest BCUT2D eigenvalue weighted by molar-refractivity contribution is 7.89. The third kappa shape index (κ3) is 3.98. The van der Waals surface area contributed by atoms with Gasteiger partial charge in [-0.2, -0.15) is 4.31 Å². The van der Waals surface area contributed by atoms with Crippen LogP contribution in [0.3, 0.4) is 0 Å². The first-order chi connectivity index (χ1) is 9.96. The number of hydrogen-bond acceptors (Lipinski definition) is 5. The fourth-order valence-electron chi connectivity index (χ4n) is 2.38. The number of benzene rings is 1. The van der Waals surface area contributed by atoms with Crippen LogP contribution in [-0.4, -0.2) is 52.0 Å². The molecule has 0 spiro atoms. The van der Waals surface area contributed by atoms with Gasteiger partial charge in [-0.3, -0.25) is 0 Å². The molecule has 8 heteroatoms. The molecule has 1 aromatic rings. The van der Waals surface area contributed by atoms with Crippen molar-refractivity contribution < 1.29 is 17.9 Å². The van der Waals surface area contributed by atoms with Gasteiger partial charge in [0.25, 0.3) is 0 Å². The van der Waals surface area contributed by atoms with E-state index >= 15 is 0 Å². The summed E-state index contributed by atoms with van der Waals surface area (Å²) in [6.45, 7) is 4.13. The molecule has 0 saturated carbocycles. The average Bonchev–Trinajstić information content (AvgIpc) is 2.75. The lowest BCUT2D eigenvalue weighted by molar-refractivity contribution is 0.0600. The molecule has 22 heavy (non-hydrogen) atoms. The molecule has 1 saturated heterocycles. The van der Waals surface area contributed by atoms with Gasteiger partial charge in [0.2, 0.25) is 10.0 Å². The monoisotopic (exact) mass is 348 g/mol. The van der Waals surface area contributed by atoms with Crippen LogP contribution in [0.2, 0.25) is 0 Å². The predicted octanol–water partition coefficient (Wildman–Crippen LogP) is 1.19. The lowest BCUT2D eigenvalue weighted by Gasteiger charge is -2.21. The van der Waals surface area contributed by atoms with Crippen molar-refractivity contribution in [2.24, 2.45) is 0 Å². The minimum absolute atomic E-state index is 0. The molecule has 1 aliphatic heterocycles. The molecule has 1 fully saturated rings. The number of hydrogen-bond donors (Lipinski definition) is 1. The standard InChI is InChI=1S/C14H20N2O4S.ClH/c1-11-10-12(14(17)20-2)4-5-13(11)21(18,19)16-8-3-6-15-7-9-16;/h4-5,10,15H,3,6-9H2,1-2H3;1H. The SMILES string of the molecule is COC(=O)c1ccc(S(=O)(=O)N2CCCNCC2)c(C)c1.Cl. The van der Waals surface area contributed by atoms with E-state index in [0.29, 0.717) is 30.8 Å². The minimum Gasteiger partial charge on any atom is -0.465 e. The van der Waals surface area contributed by atoms with Crippen LogP contribution in [0, 0.1) is 6.92 Å². The molecule has 124 valence electrons. The number of sulfonamides is 1. The van der Waals surface area contributed by atoms with E-state index in [1.807, 2.05) is 0 Å². The second kappa shape index (κ2) is 7.92. The first kappa shape index (κ1) is 18.9. The lowest BCUT2D eigenvalue weighted by Crippen LogP contribution is -2.34. The van der Waals surface area contributed by atoms with E-state index in [1.165, 1.54) is 23.5 Å². The first-order valence-electron chi connectivity index (χ1n) is 6.86. The van der Waals surface area contributed by atoms with Gasteiger partial charge in [0.05, 0.1) is 17.6 Å². The number of carbonyl (C=O) groups is 1. The molecular weight excluding hydrogens is 328 g/mol. The Morgan fingerprint density at radius 1 is 1.27 bits per heavy atom. The zero-order valence-corrected chi connectivity index (χ0v) is 14.3. The highest BCUT2D eigenvalue weighted by atomic mass is 35.5. The zero-order valence-electron chi connectivity index (χ0n) is 12.7. The summed E-state index contributed by atoms with van der Waals surface area (Å²) in [4.78, 5) is 11.7. The largest absolute Gasteiger partial charge is 0.465 e. The molecule has 2 rings (SSSR count). The summed E-state index contributed by atoms with van der Waals surface area (Å²) in [7, 11) is -2.23. The Hall–Kier alpha value is -1.15. The number of rotatable bonds is 3. The van der Waals surface area contributed by atoms with Gasteiger partial charge in [0.15, 0.2) is 0 Å². The van der Waals surface area contributed by atoms with Crippen LogP contribution < -0.4 is 5.32 Å². The smallest absolute Gasteiger partial charge is 0.337 e. The number of esters is 1. The maximum absolute atomic E-state index is 12.7. The van der Waals surface area contributed by atoms with Crippen LogP contribution in [0.4, 0.5) is 0 Å². The molecular formula is C14H21ClN2O4S. The van der Waals surface area contributed by atoms with Gasteiger partial charge in [-0.1, -0.05) is 0 Å². The maximum atomic E-state index is 12.7. The van der Waals surface area contributed by atoms with Crippen molar-refractivity contribution in [1.29, 1.82) is 0 Å². The summed E-state index contributed by atoms with van der Waals surface area (Å²) in [5, 5.41) is 3.18. The van der Waals surface area contributed by atoms with E-state index in [4.69, 9.17) is 0 Å². The van der Waals surface area contributed by atoms with Gasteiger partial charge < -0.3 is 10.1 Å². The Morgan fingerprint density at radius 3 is 2.64 bits per heavy atom. The molecule has 0 aromatic heterocycles. The van der Waals surface area contributed by atoms with Crippen LogP contribution in [0.25, 0.3) is 0 Å². The van der Waals surface area contributed by atoms with E-state index in [1.54, 1.807) is 13.0 Å².